The lowest BCUT2D eigenvalue weighted by Crippen LogP contribution is -2.28. The van der Waals surface area contributed by atoms with Crippen LogP contribution in [0.5, 0.6) is 0 Å². The van der Waals surface area contributed by atoms with Crippen molar-refractivity contribution in [2.75, 3.05) is 13.2 Å². The molecule has 0 aliphatic heterocycles. The minimum atomic E-state index is -0.805. The number of ether oxygens (including phenoxy) is 2. The van der Waals surface area contributed by atoms with Crippen LogP contribution in [0.25, 0.3) is 0 Å². The summed E-state index contributed by atoms with van der Waals surface area (Å²) in [4.78, 5) is 24.1. The number of aliphatic hydroxyl groups is 1. The summed E-state index contributed by atoms with van der Waals surface area (Å²) in [6, 6.07) is 0. The molecule has 0 radical (unpaired) electrons. The summed E-state index contributed by atoms with van der Waals surface area (Å²) in [6.07, 6.45) is 42.4. The van der Waals surface area contributed by atoms with Crippen molar-refractivity contribution in [1.29, 1.82) is 0 Å². The molecule has 42 heavy (non-hydrogen) atoms. The van der Waals surface area contributed by atoms with Crippen LogP contribution in [-0.4, -0.2) is 36.4 Å². The Bertz CT molecular complexity index is 803. The van der Waals surface area contributed by atoms with E-state index in [9.17, 15) is 14.7 Å². The third-order valence-electron chi connectivity index (χ3n) is 6.48. The molecule has 0 rings (SSSR count). The monoisotopic (exact) mass is 584 g/mol. The van der Waals surface area contributed by atoms with E-state index in [4.69, 9.17) is 9.47 Å². The molecule has 1 N–H and O–H groups in total. The van der Waals surface area contributed by atoms with E-state index in [0.717, 1.165) is 64.2 Å². The molecule has 0 aromatic rings. The number of hydrogen-bond donors (Lipinski definition) is 1. The molecule has 0 amide bonds. The van der Waals surface area contributed by atoms with E-state index in [2.05, 4.69) is 86.8 Å². The summed E-state index contributed by atoms with van der Waals surface area (Å²) in [7, 11) is 0. The standard InChI is InChI=1S/C37H60O5/c1-3-5-7-9-11-13-15-16-17-18-19-20-22-24-26-28-30-32-37(40)42-35(33-38)34-41-36(39)31-29-27-25-23-21-14-12-10-8-6-4-2/h5,7,10-13,16-17,19-20,24,26,35,38H,3-4,6,8-9,14-15,18,21-23,25,27-34H2,1-2H3/b7-5+,12-10+,13-11+,17-16+,20-19+,26-24+/t35-/m0/s1. The summed E-state index contributed by atoms with van der Waals surface area (Å²) < 4.78 is 10.5. The fraction of sp³-hybridized carbons (Fsp3) is 0.622. The van der Waals surface area contributed by atoms with Crippen molar-refractivity contribution in [3.63, 3.8) is 0 Å². The van der Waals surface area contributed by atoms with Crippen molar-refractivity contribution < 1.29 is 24.2 Å². The molecule has 0 spiro atoms. The first-order valence-electron chi connectivity index (χ1n) is 16.5. The van der Waals surface area contributed by atoms with Gasteiger partial charge in [0.2, 0.25) is 0 Å². The maximum absolute atomic E-state index is 12.1. The second-order valence-corrected chi connectivity index (χ2v) is 10.5. The fourth-order valence-electron chi connectivity index (χ4n) is 3.98. The zero-order chi connectivity index (χ0) is 30.8. The Morgan fingerprint density at radius 3 is 1.64 bits per heavy atom. The lowest BCUT2D eigenvalue weighted by Gasteiger charge is -2.15. The smallest absolute Gasteiger partial charge is 0.306 e. The maximum atomic E-state index is 12.1. The molecule has 0 aromatic heterocycles. The van der Waals surface area contributed by atoms with Crippen LogP contribution in [0.4, 0.5) is 0 Å². The van der Waals surface area contributed by atoms with E-state index >= 15 is 0 Å². The Labute approximate surface area is 257 Å². The van der Waals surface area contributed by atoms with E-state index in [0.29, 0.717) is 12.8 Å². The minimum Gasteiger partial charge on any atom is -0.462 e. The quantitative estimate of drug-likeness (QED) is 0.0563. The highest BCUT2D eigenvalue weighted by Crippen LogP contribution is 2.09. The number of esters is 2. The van der Waals surface area contributed by atoms with Gasteiger partial charge in [-0.15, -0.1) is 0 Å². The number of rotatable bonds is 28. The highest BCUT2D eigenvalue weighted by molar-refractivity contribution is 5.70. The van der Waals surface area contributed by atoms with Crippen molar-refractivity contribution in [3.8, 4) is 0 Å². The topological polar surface area (TPSA) is 72.8 Å². The highest BCUT2D eigenvalue weighted by Gasteiger charge is 2.15. The van der Waals surface area contributed by atoms with Gasteiger partial charge in [0.1, 0.15) is 6.61 Å². The van der Waals surface area contributed by atoms with Crippen molar-refractivity contribution >= 4 is 11.9 Å². The van der Waals surface area contributed by atoms with Crippen molar-refractivity contribution in [3.05, 3.63) is 72.9 Å². The Morgan fingerprint density at radius 1 is 0.571 bits per heavy atom. The molecule has 0 fully saturated rings. The minimum absolute atomic E-state index is 0.0970. The first kappa shape index (κ1) is 39.3. The van der Waals surface area contributed by atoms with Crippen molar-refractivity contribution in [2.24, 2.45) is 0 Å². The van der Waals surface area contributed by atoms with Crippen LogP contribution in [0, 0.1) is 0 Å². The highest BCUT2D eigenvalue weighted by atomic mass is 16.6. The maximum Gasteiger partial charge on any atom is 0.306 e. The predicted octanol–water partition coefficient (Wildman–Crippen LogP) is 9.83. The van der Waals surface area contributed by atoms with Gasteiger partial charge in [0.05, 0.1) is 6.61 Å². The number of unbranched alkanes of at least 4 members (excludes halogenated alkanes) is 8. The zero-order valence-electron chi connectivity index (χ0n) is 26.7. The number of carbonyl (C=O) groups is 2. The molecule has 0 aliphatic rings. The van der Waals surface area contributed by atoms with Gasteiger partial charge in [-0.25, -0.2) is 0 Å². The third kappa shape index (κ3) is 30.3. The van der Waals surface area contributed by atoms with Crippen LogP contribution in [-0.2, 0) is 19.1 Å². The molecule has 5 nitrogen and oxygen atoms in total. The number of allylic oxidation sites excluding steroid dienone is 12. The third-order valence-corrected chi connectivity index (χ3v) is 6.48. The second-order valence-electron chi connectivity index (χ2n) is 10.5. The summed E-state index contributed by atoms with van der Waals surface area (Å²) >= 11 is 0. The Morgan fingerprint density at radius 2 is 1.05 bits per heavy atom. The van der Waals surface area contributed by atoms with Gasteiger partial charge in [-0.3, -0.25) is 9.59 Å². The molecule has 0 aromatic carbocycles. The van der Waals surface area contributed by atoms with Crippen LogP contribution >= 0.6 is 0 Å². The van der Waals surface area contributed by atoms with Crippen LogP contribution in [0.1, 0.15) is 129 Å². The lowest BCUT2D eigenvalue weighted by atomic mass is 10.1. The van der Waals surface area contributed by atoms with E-state index in [1.807, 2.05) is 0 Å². The molecular weight excluding hydrogens is 524 g/mol. The van der Waals surface area contributed by atoms with Crippen LogP contribution < -0.4 is 0 Å². The number of aliphatic hydroxyl groups excluding tert-OH is 1. The van der Waals surface area contributed by atoms with Crippen molar-refractivity contribution in [1.82, 2.24) is 0 Å². The first-order valence-corrected chi connectivity index (χ1v) is 16.5. The van der Waals surface area contributed by atoms with E-state index in [-0.39, 0.29) is 31.6 Å². The Hall–Kier alpha value is -2.66. The van der Waals surface area contributed by atoms with Crippen LogP contribution in [0.2, 0.25) is 0 Å². The van der Waals surface area contributed by atoms with Gasteiger partial charge < -0.3 is 14.6 Å². The van der Waals surface area contributed by atoms with E-state index in [1.54, 1.807) is 0 Å². The second kappa shape index (κ2) is 32.8. The average Bonchev–Trinajstić information content (AvgIpc) is 2.99. The van der Waals surface area contributed by atoms with Crippen LogP contribution in [0.3, 0.4) is 0 Å². The molecular formula is C37H60O5. The molecule has 0 unspecified atom stereocenters. The normalized spacial score (nSPS) is 13.1. The van der Waals surface area contributed by atoms with Gasteiger partial charge in [-0.05, 0) is 70.6 Å². The van der Waals surface area contributed by atoms with E-state index < -0.39 is 6.10 Å². The number of hydrogen-bond acceptors (Lipinski definition) is 5. The van der Waals surface area contributed by atoms with Gasteiger partial charge in [0, 0.05) is 12.8 Å². The number of carbonyl (C=O) groups excluding carboxylic acids is 2. The summed E-state index contributed by atoms with van der Waals surface area (Å²) in [5, 5.41) is 9.49. The van der Waals surface area contributed by atoms with Crippen LogP contribution in [0.15, 0.2) is 72.9 Å². The average molecular weight is 585 g/mol. The predicted molar refractivity (Wildman–Crippen MR) is 177 cm³/mol. The molecule has 0 saturated carbocycles. The molecule has 0 saturated heterocycles. The molecule has 0 bridgehead atoms. The van der Waals surface area contributed by atoms with Gasteiger partial charge >= 0.3 is 11.9 Å². The van der Waals surface area contributed by atoms with Crippen molar-refractivity contribution in [2.45, 2.75) is 136 Å². The zero-order valence-corrected chi connectivity index (χ0v) is 26.7. The molecule has 5 heteroatoms. The van der Waals surface area contributed by atoms with Gasteiger partial charge in [-0.2, -0.15) is 0 Å². The van der Waals surface area contributed by atoms with E-state index in [1.165, 1.54) is 32.1 Å². The Balaban J connectivity index is 3.76. The molecule has 1 atom stereocenters. The molecule has 0 heterocycles. The molecule has 238 valence electrons. The SMILES string of the molecule is CC/C=C/C/C=C/C/C=C/C/C=C/C/C=C/CCCC(=O)O[C@@H](CO)COC(=O)CCCCCCC/C=C/CCCC. The lowest BCUT2D eigenvalue weighted by molar-refractivity contribution is -0.161. The van der Waals surface area contributed by atoms with Gasteiger partial charge in [-0.1, -0.05) is 119 Å². The largest absolute Gasteiger partial charge is 0.462 e. The fourth-order valence-corrected chi connectivity index (χ4v) is 3.98. The summed E-state index contributed by atoms with van der Waals surface area (Å²) in [6.45, 7) is 3.89. The van der Waals surface area contributed by atoms with Gasteiger partial charge in [0.25, 0.3) is 0 Å². The molecule has 0 aliphatic carbocycles. The summed E-state index contributed by atoms with van der Waals surface area (Å²) in [5.74, 6) is -0.681. The summed E-state index contributed by atoms with van der Waals surface area (Å²) in [5.41, 5.74) is 0. The first-order chi connectivity index (χ1) is 20.6. The van der Waals surface area contributed by atoms with Gasteiger partial charge in [0.15, 0.2) is 6.10 Å². The Kier molecular flexibility index (Phi) is 30.8.